The molecule has 0 spiro atoms. The number of carbonyl (C=O) groups is 2. The normalized spacial score (nSPS) is 10.7. The number of hydrogen-bond acceptors (Lipinski definition) is 3. The quantitative estimate of drug-likeness (QED) is 0.420. The number of ketones is 1. The van der Waals surface area contributed by atoms with Gasteiger partial charge in [0.25, 0.3) is 0 Å². The Morgan fingerprint density at radius 2 is 1.73 bits per heavy atom. The van der Waals surface area contributed by atoms with Crippen LogP contribution < -0.4 is 10.1 Å². The van der Waals surface area contributed by atoms with Crippen LogP contribution in [0, 0.1) is 0 Å². The van der Waals surface area contributed by atoms with Gasteiger partial charge in [0.05, 0.1) is 19.2 Å². The summed E-state index contributed by atoms with van der Waals surface area (Å²) >= 11 is 6.11. The van der Waals surface area contributed by atoms with E-state index in [0.29, 0.717) is 27.5 Å². The highest BCUT2D eigenvalue weighted by atomic mass is 35.5. The number of aromatic nitrogens is 1. The summed E-state index contributed by atoms with van der Waals surface area (Å²) in [7, 11) is 1.59. The minimum Gasteiger partial charge on any atom is -0.497 e. The lowest BCUT2D eigenvalue weighted by atomic mass is 10.1. The van der Waals surface area contributed by atoms with Gasteiger partial charge >= 0.3 is 0 Å². The summed E-state index contributed by atoms with van der Waals surface area (Å²) in [5.74, 6) is 0.296. The number of rotatable bonds is 6. The molecule has 6 heteroatoms. The number of fused-ring (bicyclic) bond motifs is 1. The van der Waals surface area contributed by atoms with E-state index in [1.54, 1.807) is 61.7 Å². The van der Waals surface area contributed by atoms with Gasteiger partial charge in [0.15, 0.2) is 0 Å². The summed E-state index contributed by atoms with van der Waals surface area (Å²) < 4.78 is 5.15. The first-order valence-corrected chi connectivity index (χ1v) is 9.76. The molecule has 0 saturated carbocycles. The van der Waals surface area contributed by atoms with Gasteiger partial charge in [-0.1, -0.05) is 54.1 Å². The number of carbonyl (C=O) groups excluding carboxylic acids is 2. The zero-order chi connectivity index (χ0) is 21.1. The van der Waals surface area contributed by atoms with E-state index in [1.165, 1.54) is 0 Å². The maximum atomic E-state index is 13.1. The van der Waals surface area contributed by atoms with Crippen molar-refractivity contribution < 1.29 is 14.3 Å². The lowest BCUT2D eigenvalue weighted by molar-refractivity contribution is -0.115. The third-order valence-electron chi connectivity index (χ3n) is 4.81. The molecule has 150 valence electrons. The van der Waals surface area contributed by atoms with Crippen LogP contribution in [-0.2, 0) is 11.2 Å². The van der Waals surface area contributed by atoms with Gasteiger partial charge in [0, 0.05) is 21.5 Å². The lowest BCUT2D eigenvalue weighted by Crippen LogP contribution is -2.16. The van der Waals surface area contributed by atoms with E-state index in [9.17, 15) is 9.59 Å². The van der Waals surface area contributed by atoms with Crippen molar-refractivity contribution in [2.45, 2.75) is 6.42 Å². The molecule has 0 fully saturated rings. The maximum Gasteiger partial charge on any atom is 0.228 e. The molecule has 1 amide bonds. The third-order valence-corrected chi connectivity index (χ3v) is 5.05. The number of nitrogens with one attached hydrogen (secondary N) is 2. The molecule has 4 rings (SSSR count). The summed E-state index contributed by atoms with van der Waals surface area (Å²) in [4.78, 5) is 29.0. The van der Waals surface area contributed by atoms with Gasteiger partial charge in [-0.2, -0.15) is 0 Å². The van der Waals surface area contributed by atoms with Gasteiger partial charge in [-0.25, -0.2) is 0 Å². The second kappa shape index (κ2) is 8.43. The highest BCUT2D eigenvalue weighted by Crippen LogP contribution is 2.31. The van der Waals surface area contributed by atoms with Crippen LogP contribution in [0.25, 0.3) is 10.9 Å². The van der Waals surface area contributed by atoms with Gasteiger partial charge in [0.1, 0.15) is 11.4 Å². The van der Waals surface area contributed by atoms with E-state index in [2.05, 4.69) is 10.3 Å². The highest BCUT2D eigenvalue weighted by molar-refractivity contribution is 6.31. The Hall–Kier alpha value is -3.57. The second-order valence-electron chi connectivity index (χ2n) is 6.83. The number of methoxy groups -OCH3 is 1. The van der Waals surface area contributed by atoms with E-state index in [4.69, 9.17) is 16.3 Å². The molecular weight excluding hydrogens is 400 g/mol. The number of hydrogen-bond donors (Lipinski definition) is 2. The average Bonchev–Trinajstić information content (AvgIpc) is 3.11. The van der Waals surface area contributed by atoms with Crippen molar-refractivity contribution in [3.8, 4) is 5.75 Å². The number of anilines is 1. The molecule has 2 N–H and O–H groups in total. The number of benzene rings is 3. The van der Waals surface area contributed by atoms with Crippen LogP contribution in [0.15, 0.2) is 72.8 Å². The number of aromatic amines is 1. The van der Waals surface area contributed by atoms with E-state index in [1.807, 2.05) is 18.2 Å². The molecule has 0 radical (unpaired) electrons. The van der Waals surface area contributed by atoms with Crippen LogP contribution >= 0.6 is 11.6 Å². The van der Waals surface area contributed by atoms with Crippen LogP contribution in [0.3, 0.4) is 0 Å². The SMILES string of the molecule is COc1ccc(CC(=O)Nc2c(C(=O)c3ccccc3)[nH]c3cc(Cl)ccc23)cc1. The standard InChI is InChI=1S/C24H19ClN2O3/c1-30-18-10-7-15(8-11-18)13-21(28)27-22-19-12-9-17(25)14-20(19)26-23(22)24(29)16-5-3-2-4-6-16/h2-12,14,26H,13H2,1H3,(H,27,28). The molecule has 0 atom stereocenters. The van der Waals surface area contributed by atoms with Crippen LogP contribution in [0.5, 0.6) is 5.75 Å². The fourth-order valence-corrected chi connectivity index (χ4v) is 3.49. The van der Waals surface area contributed by atoms with Crippen molar-refractivity contribution in [1.82, 2.24) is 4.98 Å². The van der Waals surface area contributed by atoms with Gasteiger partial charge in [-0.05, 0) is 35.9 Å². The molecule has 0 aliphatic heterocycles. The summed E-state index contributed by atoms with van der Waals surface area (Å²) in [6.07, 6.45) is 0.170. The van der Waals surface area contributed by atoms with Gasteiger partial charge in [-0.3, -0.25) is 9.59 Å². The molecule has 0 bridgehead atoms. The number of H-pyrrole nitrogens is 1. The van der Waals surface area contributed by atoms with Crippen molar-refractivity contribution in [1.29, 1.82) is 0 Å². The molecule has 1 aromatic heterocycles. The van der Waals surface area contributed by atoms with Crippen molar-refractivity contribution in [2.75, 3.05) is 12.4 Å². The van der Waals surface area contributed by atoms with Crippen molar-refractivity contribution in [2.24, 2.45) is 0 Å². The first kappa shape index (κ1) is 19.7. The minimum absolute atomic E-state index is 0.170. The molecule has 5 nitrogen and oxygen atoms in total. The number of halogens is 1. The topological polar surface area (TPSA) is 71.2 Å². The predicted octanol–water partition coefficient (Wildman–Crippen LogP) is 5.24. The molecule has 0 unspecified atom stereocenters. The summed E-state index contributed by atoms with van der Waals surface area (Å²) in [6.45, 7) is 0. The molecule has 0 aliphatic rings. The molecule has 30 heavy (non-hydrogen) atoms. The maximum absolute atomic E-state index is 13.1. The van der Waals surface area contributed by atoms with Gasteiger partial charge < -0.3 is 15.0 Å². The van der Waals surface area contributed by atoms with Crippen molar-refractivity contribution >= 4 is 39.9 Å². The van der Waals surface area contributed by atoms with Crippen molar-refractivity contribution in [3.63, 3.8) is 0 Å². The molecule has 4 aromatic rings. The second-order valence-corrected chi connectivity index (χ2v) is 7.27. The van der Waals surface area contributed by atoms with Crippen LogP contribution in [0.4, 0.5) is 5.69 Å². The van der Waals surface area contributed by atoms with Crippen LogP contribution in [-0.4, -0.2) is 23.8 Å². The van der Waals surface area contributed by atoms with Gasteiger partial charge in [-0.15, -0.1) is 0 Å². The monoisotopic (exact) mass is 418 g/mol. The minimum atomic E-state index is -0.224. The molecular formula is C24H19ClN2O3. The van der Waals surface area contributed by atoms with E-state index in [-0.39, 0.29) is 18.1 Å². The first-order chi connectivity index (χ1) is 14.5. The fourth-order valence-electron chi connectivity index (χ4n) is 3.32. The summed E-state index contributed by atoms with van der Waals surface area (Å²) in [6, 6.07) is 21.5. The van der Waals surface area contributed by atoms with Crippen molar-refractivity contribution in [3.05, 3.63) is 94.6 Å². The largest absolute Gasteiger partial charge is 0.497 e. The first-order valence-electron chi connectivity index (χ1n) is 9.39. The Morgan fingerprint density at radius 1 is 1.00 bits per heavy atom. The van der Waals surface area contributed by atoms with E-state index in [0.717, 1.165) is 16.7 Å². The zero-order valence-electron chi connectivity index (χ0n) is 16.2. The highest BCUT2D eigenvalue weighted by Gasteiger charge is 2.21. The fraction of sp³-hybridized carbons (Fsp3) is 0.0833. The Kier molecular flexibility index (Phi) is 5.55. The predicted molar refractivity (Wildman–Crippen MR) is 119 cm³/mol. The van der Waals surface area contributed by atoms with Crippen LogP contribution in [0.2, 0.25) is 5.02 Å². The summed E-state index contributed by atoms with van der Waals surface area (Å²) in [5.41, 5.74) is 2.82. The Balaban J connectivity index is 1.67. The molecule has 1 heterocycles. The Morgan fingerprint density at radius 3 is 2.43 bits per heavy atom. The molecule has 0 saturated heterocycles. The van der Waals surface area contributed by atoms with Gasteiger partial charge in [0.2, 0.25) is 11.7 Å². The lowest BCUT2D eigenvalue weighted by Gasteiger charge is -2.08. The van der Waals surface area contributed by atoms with E-state index >= 15 is 0 Å². The summed E-state index contributed by atoms with van der Waals surface area (Å²) in [5, 5.41) is 4.18. The Bertz CT molecular complexity index is 1210. The third kappa shape index (κ3) is 4.07. The smallest absolute Gasteiger partial charge is 0.228 e. The average molecular weight is 419 g/mol. The molecule has 0 aliphatic carbocycles. The molecule has 3 aromatic carbocycles. The Labute approximate surface area is 178 Å². The number of amides is 1. The number of ether oxygens (including phenoxy) is 1. The van der Waals surface area contributed by atoms with E-state index < -0.39 is 0 Å². The van der Waals surface area contributed by atoms with Crippen LogP contribution in [0.1, 0.15) is 21.6 Å². The zero-order valence-corrected chi connectivity index (χ0v) is 17.0.